The van der Waals surface area contributed by atoms with E-state index in [2.05, 4.69) is 17.1 Å². The summed E-state index contributed by atoms with van der Waals surface area (Å²) < 4.78 is 0. The van der Waals surface area contributed by atoms with Crippen LogP contribution in [0.25, 0.3) is 0 Å². The van der Waals surface area contributed by atoms with Crippen molar-refractivity contribution in [1.82, 2.24) is 10.2 Å². The summed E-state index contributed by atoms with van der Waals surface area (Å²) in [5, 5.41) is 12.3. The molecule has 0 bridgehead atoms. The van der Waals surface area contributed by atoms with Gasteiger partial charge in [-0.15, -0.1) is 0 Å². The van der Waals surface area contributed by atoms with Crippen LogP contribution in [0.1, 0.15) is 26.2 Å². The smallest absolute Gasteiger partial charge is 0.308 e. The van der Waals surface area contributed by atoms with Crippen molar-refractivity contribution in [2.24, 2.45) is 5.92 Å². The molecule has 4 heteroatoms. The van der Waals surface area contributed by atoms with Gasteiger partial charge in [0, 0.05) is 18.1 Å². The van der Waals surface area contributed by atoms with E-state index in [1.54, 1.807) is 0 Å². The number of nitrogens with one attached hydrogen (secondary N) is 1. The lowest BCUT2D eigenvalue weighted by molar-refractivity contribution is -0.145. The molecule has 3 atom stereocenters. The number of carboxylic acids is 1. The molecule has 1 aliphatic carbocycles. The second-order valence-electron chi connectivity index (χ2n) is 4.76. The van der Waals surface area contributed by atoms with Gasteiger partial charge in [-0.3, -0.25) is 9.69 Å². The van der Waals surface area contributed by atoms with Crippen molar-refractivity contribution in [3.05, 3.63) is 0 Å². The molecule has 3 unspecified atom stereocenters. The average Bonchev–Trinajstić information content (AvgIpc) is 3.00. The number of carboxylic acid groups (broad SMARTS) is 1. The van der Waals surface area contributed by atoms with Crippen LogP contribution in [0.5, 0.6) is 0 Å². The molecule has 1 aliphatic heterocycles. The van der Waals surface area contributed by atoms with E-state index in [1.807, 2.05) is 7.05 Å². The van der Waals surface area contributed by atoms with E-state index in [-0.39, 0.29) is 12.0 Å². The van der Waals surface area contributed by atoms with Gasteiger partial charge >= 0.3 is 5.97 Å². The largest absolute Gasteiger partial charge is 0.481 e. The van der Waals surface area contributed by atoms with E-state index >= 15 is 0 Å². The average molecular weight is 212 g/mol. The molecule has 86 valence electrons. The number of hydrogen-bond acceptors (Lipinski definition) is 3. The van der Waals surface area contributed by atoms with Crippen LogP contribution in [0.15, 0.2) is 0 Å². The first-order chi connectivity index (χ1) is 7.15. The Morgan fingerprint density at radius 1 is 1.40 bits per heavy atom. The molecule has 0 aromatic carbocycles. The lowest BCUT2D eigenvalue weighted by Gasteiger charge is -2.42. The first-order valence-corrected chi connectivity index (χ1v) is 5.81. The van der Waals surface area contributed by atoms with Gasteiger partial charge in [0.2, 0.25) is 0 Å². The van der Waals surface area contributed by atoms with Gasteiger partial charge in [-0.1, -0.05) is 0 Å². The van der Waals surface area contributed by atoms with Gasteiger partial charge in [-0.05, 0) is 39.8 Å². The Hall–Kier alpha value is -0.610. The zero-order valence-electron chi connectivity index (χ0n) is 9.44. The maximum Gasteiger partial charge on any atom is 0.308 e. The van der Waals surface area contributed by atoms with Gasteiger partial charge in [0.05, 0.1) is 5.92 Å². The molecule has 0 radical (unpaired) electrons. The number of hydrogen-bond donors (Lipinski definition) is 2. The van der Waals surface area contributed by atoms with Crippen LogP contribution in [0.4, 0.5) is 0 Å². The van der Waals surface area contributed by atoms with E-state index in [9.17, 15) is 4.79 Å². The van der Waals surface area contributed by atoms with Crippen LogP contribution in [0, 0.1) is 5.92 Å². The van der Waals surface area contributed by atoms with Crippen molar-refractivity contribution in [2.75, 3.05) is 13.6 Å². The van der Waals surface area contributed by atoms with Gasteiger partial charge in [0.1, 0.15) is 0 Å². The van der Waals surface area contributed by atoms with Crippen molar-refractivity contribution in [3.63, 3.8) is 0 Å². The second-order valence-corrected chi connectivity index (χ2v) is 4.76. The molecule has 1 saturated heterocycles. The third-order valence-electron chi connectivity index (χ3n) is 3.84. The minimum absolute atomic E-state index is 0.0943. The number of piperidine rings is 1. The molecule has 1 saturated carbocycles. The van der Waals surface area contributed by atoms with E-state index in [0.717, 1.165) is 19.0 Å². The quantitative estimate of drug-likeness (QED) is 0.716. The maximum atomic E-state index is 11.1. The predicted molar refractivity (Wildman–Crippen MR) is 57.8 cm³/mol. The summed E-state index contributed by atoms with van der Waals surface area (Å²) in [6, 6.07) is 1.17. The van der Waals surface area contributed by atoms with Gasteiger partial charge < -0.3 is 10.4 Å². The zero-order chi connectivity index (χ0) is 11.0. The fourth-order valence-corrected chi connectivity index (χ4v) is 2.85. The topological polar surface area (TPSA) is 52.6 Å². The number of likely N-dealkylation sites (tertiary alicyclic amines) is 1. The normalized spacial score (nSPS) is 37.9. The second kappa shape index (κ2) is 4.10. The van der Waals surface area contributed by atoms with Gasteiger partial charge in [-0.2, -0.15) is 0 Å². The fourth-order valence-electron chi connectivity index (χ4n) is 2.85. The fraction of sp³-hybridized carbons (Fsp3) is 0.909. The molecule has 0 amide bonds. The van der Waals surface area contributed by atoms with Crippen molar-refractivity contribution in [2.45, 2.75) is 44.3 Å². The zero-order valence-corrected chi connectivity index (χ0v) is 9.44. The Balaban J connectivity index is 2.06. The molecule has 2 aliphatic rings. The Bertz CT molecular complexity index is 253. The summed E-state index contributed by atoms with van der Waals surface area (Å²) in [5.41, 5.74) is 0. The SMILES string of the molecule is CNC1C(C(=O)O)CCN(C2CC2)C1C. The lowest BCUT2D eigenvalue weighted by Crippen LogP contribution is -2.58. The highest BCUT2D eigenvalue weighted by Crippen LogP contribution is 2.34. The minimum atomic E-state index is -0.656. The van der Waals surface area contributed by atoms with Crippen LogP contribution in [0.3, 0.4) is 0 Å². The molecule has 0 aromatic rings. The number of likely N-dealkylation sites (N-methyl/N-ethyl adjacent to an activating group) is 1. The van der Waals surface area contributed by atoms with E-state index in [0.29, 0.717) is 6.04 Å². The summed E-state index contributed by atoms with van der Waals surface area (Å²) >= 11 is 0. The Morgan fingerprint density at radius 3 is 2.53 bits per heavy atom. The van der Waals surface area contributed by atoms with Crippen LogP contribution in [-0.2, 0) is 4.79 Å². The van der Waals surface area contributed by atoms with Crippen LogP contribution in [0.2, 0.25) is 0 Å². The van der Waals surface area contributed by atoms with Crippen LogP contribution < -0.4 is 5.32 Å². The molecular weight excluding hydrogens is 192 g/mol. The summed E-state index contributed by atoms with van der Waals surface area (Å²) in [7, 11) is 1.87. The third-order valence-corrected chi connectivity index (χ3v) is 3.84. The molecule has 1 heterocycles. The van der Waals surface area contributed by atoms with Gasteiger partial charge in [0.25, 0.3) is 0 Å². The Morgan fingerprint density at radius 2 is 2.07 bits per heavy atom. The first kappa shape index (κ1) is 10.9. The highest BCUT2D eigenvalue weighted by Gasteiger charge is 2.43. The molecule has 2 fully saturated rings. The number of carbonyl (C=O) groups is 1. The maximum absolute atomic E-state index is 11.1. The van der Waals surface area contributed by atoms with Gasteiger partial charge in [-0.25, -0.2) is 0 Å². The number of aliphatic carboxylic acids is 1. The third kappa shape index (κ3) is 2.01. The molecule has 0 aromatic heterocycles. The molecule has 2 N–H and O–H groups in total. The molecular formula is C11H20N2O2. The lowest BCUT2D eigenvalue weighted by atomic mass is 9.86. The first-order valence-electron chi connectivity index (χ1n) is 5.81. The van der Waals surface area contributed by atoms with Crippen molar-refractivity contribution < 1.29 is 9.90 Å². The summed E-state index contributed by atoms with van der Waals surface area (Å²) in [5.74, 6) is -0.878. The van der Waals surface area contributed by atoms with Crippen LogP contribution in [-0.4, -0.2) is 47.7 Å². The predicted octanol–water partition coefficient (Wildman–Crippen LogP) is 0.532. The minimum Gasteiger partial charge on any atom is -0.481 e. The molecule has 4 nitrogen and oxygen atoms in total. The molecule has 15 heavy (non-hydrogen) atoms. The van der Waals surface area contributed by atoms with E-state index < -0.39 is 5.97 Å². The monoisotopic (exact) mass is 212 g/mol. The molecule has 0 spiro atoms. The Kier molecular flexibility index (Phi) is 2.98. The highest BCUT2D eigenvalue weighted by molar-refractivity contribution is 5.71. The van der Waals surface area contributed by atoms with E-state index in [4.69, 9.17) is 5.11 Å². The number of nitrogens with zero attached hydrogens (tertiary/aromatic N) is 1. The van der Waals surface area contributed by atoms with Crippen molar-refractivity contribution in [3.8, 4) is 0 Å². The molecule has 2 rings (SSSR count). The highest BCUT2D eigenvalue weighted by atomic mass is 16.4. The Labute approximate surface area is 90.6 Å². The van der Waals surface area contributed by atoms with Gasteiger partial charge in [0.15, 0.2) is 0 Å². The van der Waals surface area contributed by atoms with Crippen molar-refractivity contribution >= 4 is 5.97 Å². The number of rotatable bonds is 3. The standard InChI is InChI=1S/C11H20N2O2/c1-7-10(12-2)9(11(14)15)5-6-13(7)8-3-4-8/h7-10,12H,3-6H2,1-2H3,(H,14,15). The summed E-state index contributed by atoms with van der Waals surface area (Å²) in [6.07, 6.45) is 3.36. The summed E-state index contributed by atoms with van der Waals surface area (Å²) in [6.45, 7) is 3.09. The summed E-state index contributed by atoms with van der Waals surface area (Å²) in [4.78, 5) is 13.6. The van der Waals surface area contributed by atoms with Crippen LogP contribution >= 0.6 is 0 Å². The van der Waals surface area contributed by atoms with E-state index in [1.165, 1.54) is 12.8 Å². The van der Waals surface area contributed by atoms with Crippen molar-refractivity contribution in [1.29, 1.82) is 0 Å².